The Morgan fingerprint density at radius 2 is 1.80 bits per heavy atom. The Morgan fingerprint density at radius 1 is 1.10 bits per heavy atom. The van der Waals surface area contributed by atoms with E-state index in [-0.39, 0.29) is 15.6 Å². The number of nitrogens with zero attached hydrogens (tertiary/aromatic N) is 1. The predicted octanol–water partition coefficient (Wildman–Crippen LogP) is 5.86. The largest absolute Gasteiger partial charge is 0.471 e. The van der Waals surface area contributed by atoms with E-state index in [1.165, 1.54) is 18.2 Å². The highest BCUT2D eigenvalue weighted by atomic mass is 35.5. The predicted molar refractivity (Wildman–Crippen MR) is 113 cm³/mol. The third-order valence-corrected chi connectivity index (χ3v) is 5.89. The van der Waals surface area contributed by atoms with Gasteiger partial charge in [0.1, 0.15) is 4.88 Å². The van der Waals surface area contributed by atoms with Crippen molar-refractivity contribution >= 4 is 67.8 Å². The van der Waals surface area contributed by atoms with Crippen molar-refractivity contribution in [3.05, 3.63) is 63.0 Å². The van der Waals surface area contributed by atoms with Crippen LogP contribution >= 0.6 is 34.5 Å². The fraction of sp³-hybridized carbons (Fsp3) is 0.105. The molecule has 1 heterocycles. The molecule has 0 bridgehead atoms. The lowest BCUT2D eigenvalue weighted by molar-refractivity contribution is -0.167. The van der Waals surface area contributed by atoms with Crippen molar-refractivity contribution in [2.75, 3.05) is 5.32 Å². The van der Waals surface area contributed by atoms with Gasteiger partial charge in [0.15, 0.2) is 0 Å². The topological polar surface area (TPSA) is 70.6 Å². The Kier molecular flexibility index (Phi) is 6.35. The Morgan fingerprint density at radius 3 is 2.47 bits per heavy atom. The number of amides is 2. The van der Waals surface area contributed by atoms with Crippen LogP contribution < -0.4 is 10.7 Å². The number of hydrazone groups is 1. The van der Waals surface area contributed by atoms with Gasteiger partial charge < -0.3 is 5.32 Å². The first kappa shape index (κ1) is 22.1. The summed E-state index contributed by atoms with van der Waals surface area (Å²) < 4.78 is 37.9. The summed E-state index contributed by atoms with van der Waals surface area (Å²) in [5, 5.41) is 6.94. The molecule has 156 valence electrons. The lowest BCUT2D eigenvalue weighted by atomic mass is 10.1. The zero-order valence-corrected chi connectivity index (χ0v) is 17.4. The van der Waals surface area contributed by atoms with Gasteiger partial charge in [-0.1, -0.05) is 41.4 Å². The van der Waals surface area contributed by atoms with Gasteiger partial charge in [-0.05, 0) is 36.8 Å². The van der Waals surface area contributed by atoms with Gasteiger partial charge in [0.2, 0.25) is 0 Å². The number of rotatable bonds is 4. The molecule has 0 saturated carbocycles. The molecule has 2 amide bonds. The fourth-order valence-corrected chi connectivity index (χ4v) is 4.34. The van der Waals surface area contributed by atoms with Crippen molar-refractivity contribution < 1.29 is 22.8 Å². The van der Waals surface area contributed by atoms with Crippen LogP contribution in [0.15, 0.2) is 47.6 Å². The van der Waals surface area contributed by atoms with Gasteiger partial charge in [0.05, 0.1) is 15.8 Å². The van der Waals surface area contributed by atoms with Crippen LogP contribution in [-0.2, 0) is 4.79 Å². The monoisotopic (exact) mass is 473 g/mol. The van der Waals surface area contributed by atoms with E-state index in [2.05, 4.69) is 10.5 Å². The number of alkyl halides is 3. The molecule has 0 aliphatic rings. The van der Waals surface area contributed by atoms with Gasteiger partial charge >= 0.3 is 12.1 Å². The first-order chi connectivity index (χ1) is 14.1. The number of fused-ring (bicyclic) bond motifs is 1. The second-order valence-electron chi connectivity index (χ2n) is 6.03. The molecule has 0 unspecified atom stereocenters. The van der Waals surface area contributed by atoms with E-state index >= 15 is 0 Å². The summed E-state index contributed by atoms with van der Waals surface area (Å²) in [6.07, 6.45) is -5.00. The van der Waals surface area contributed by atoms with Crippen LogP contribution in [0.2, 0.25) is 10.0 Å². The summed E-state index contributed by atoms with van der Waals surface area (Å²) in [6.45, 7) is 1.55. The first-order valence-electron chi connectivity index (χ1n) is 8.27. The SMILES string of the molecule is C/C(=N\NC(=O)c1sc2cccc(Cl)c2c1Cl)c1cccc(NC(=O)C(F)(F)F)c1. The maximum absolute atomic E-state index is 12.5. The molecule has 0 atom stereocenters. The molecule has 0 spiro atoms. The minimum Gasteiger partial charge on any atom is -0.318 e. The second kappa shape index (κ2) is 8.63. The van der Waals surface area contributed by atoms with Gasteiger partial charge in [0.25, 0.3) is 5.91 Å². The number of hydrogen-bond donors (Lipinski definition) is 2. The van der Waals surface area contributed by atoms with Crippen molar-refractivity contribution in [3.63, 3.8) is 0 Å². The van der Waals surface area contributed by atoms with E-state index in [0.29, 0.717) is 21.7 Å². The first-order valence-corrected chi connectivity index (χ1v) is 9.85. The number of halogens is 5. The highest BCUT2D eigenvalue weighted by Gasteiger charge is 2.38. The summed E-state index contributed by atoms with van der Waals surface area (Å²) in [5.41, 5.74) is 3.02. The summed E-state index contributed by atoms with van der Waals surface area (Å²) in [6, 6.07) is 10.8. The van der Waals surface area contributed by atoms with Crippen LogP contribution in [0.5, 0.6) is 0 Å². The fourth-order valence-electron chi connectivity index (χ4n) is 2.49. The molecule has 11 heteroatoms. The van der Waals surface area contributed by atoms with E-state index in [1.54, 1.807) is 36.5 Å². The lowest BCUT2D eigenvalue weighted by Crippen LogP contribution is -2.29. The molecule has 30 heavy (non-hydrogen) atoms. The van der Waals surface area contributed by atoms with Crippen LogP contribution in [0, 0.1) is 0 Å². The van der Waals surface area contributed by atoms with Gasteiger partial charge in [-0.3, -0.25) is 9.59 Å². The summed E-state index contributed by atoms with van der Waals surface area (Å²) in [5.74, 6) is -2.64. The summed E-state index contributed by atoms with van der Waals surface area (Å²) >= 11 is 13.6. The Hall–Kier alpha value is -2.62. The quantitative estimate of drug-likeness (QED) is 0.367. The zero-order chi connectivity index (χ0) is 22.1. The van der Waals surface area contributed by atoms with Crippen molar-refractivity contribution in [1.82, 2.24) is 5.43 Å². The number of carbonyl (C=O) groups excluding carboxylic acids is 2. The standard InChI is InChI=1S/C19H12Cl2F3N3O2S/c1-9(10-4-2-5-11(8-10)25-18(29)19(22,23)24)26-27-17(28)16-15(21)14-12(20)6-3-7-13(14)30-16/h2-8H,1H3,(H,25,29)(H,27,28)/b26-9+. The van der Waals surface area contributed by atoms with Crippen LogP contribution in [-0.4, -0.2) is 23.7 Å². The Balaban J connectivity index is 1.78. The molecule has 2 N–H and O–H groups in total. The van der Waals surface area contributed by atoms with E-state index in [9.17, 15) is 22.8 Å². The van der Waals surface area contributed by atoms with Gasteiger partial charge in [-0.25, -0.2) is 5.43 Å². The van der Waals surface area contributed by atoms with E-state index in [0.717, 1.165) is 16.0 Å². The van der Waals surface area contributed by atoms with E-state index in [1.807, 2.05) is 0 Å². The van der Waals surface area contributed by atoms with Gasteiger partial charge in [0, 0.05) is 15.8 Å². The highest BCUT2D eigenvalue weighted by molar-refractivity contribution is 7.21. The van der Waals surface area contributed by atoms with Gasteiger partial charge in [-0.2, -0.15) is 18.3 Å². The second-order valence-corrected chi connectivity index (χ2v) is 7.87. The maximum atomic E-state index is 12.5. The van der Waals surface area contributed by atoms with Gasteiger partial charge in [-0.15, -0.1) is 11.3 Å². The minimum atomic E-state index is -5.00. The third-order valence-electron chi connectivity index (χ3n) is 3.93. The molecule has 5 nitrogen and oxygen atoms in total. The number of nitrogens with one attached hydrogen (secondary N) is 2. The number of thiophene rings is 1. The highest BCUT2D eigenvalue weighted by Crippen LogP contribution is 2.39. The van der Waals surface area contributed by atoms with Crippen molar-refractivity contribution in [2.45, 2.75) is 13.1 Å². The Labute approximate surface area is 182 Å². The minimum absolute atomic E-state index is 0.0575. The summed E-state index contributed by atoms with van der Waals surface area (Å²) in [7, 11) is 0. The molecule has 1 aromatic heterocycles. The number of carbonyl (C=O) groups is 2. The molecular formula is C19H12Cl2F3N3O2S. The van der Waals surface area contributed by atoms with Crippen molar-refractivity contribution in [1.29, 1.82) is 0 Å². The molecule has 0 saturated heterocycles. The molecule has 3 aromatic rings. The van der Waals surface area contributed by atoms with Crippen LogP contribution in [0.4, 0.5) is 18.9 Å². The molecule has 0 radical (unpaired) electrons. The summed E-state index contributed by atoms with van der Waals surface area (Å²) in [4.78, 5) is 23.8. The van der Waals surface area contributed by atoms with Crippen molar-refractivity contribution in [3.8, 4) is 0 Å². The number of hydrogen-bond acceptors (Lipinski definition) is 4. The molecular weight excluding hydrogens is 462 g/mol. The number of anilines is 1. The Bertz CT molecular complexity index is 1180. The lowest BCUT2D eigenvalue weighted by Gasteiger charge is -2.09. The normalized spacial score (nSPS) is 12.1. The third kappa shape index (κ3) is 4.75. The van der Waals surface area contributed by atoms with Crippen molar-refractivity contribution in [2.24, 2.45) is 5.10 Å². The van der Waals surface area contributed by atoms with E-state index in [4.69, 9.17) is 23.2 Å². The van der Waals surface area contributed by atoms with E-state index < -0.39 is 18.0 Å². The molecule has 3 rings (SSSR count). The molecule has 0 fully saturated rings. The maximum Gasteiger partial charge on any atom is 0.471 e. The van der Waals surface area contributed by atoms with Crippen LogP contribution in [0.25, 0.3) is 10.1 Å². The average molecular weight is 474 g/mol. The number of benzene rings is 2. The molecule has 0 aliphatic carbocycles. The zero-order valence-electron chi connectivity index (χ0n) is 15.1. The van der Waals surface area contributed by atoms with Crippen LogP contribution in [0.3, 0.4) is 0 Å². The smallest absolute Gasteiger partial charge is 0.318 e. The van der Waals surface area contributed by atoms with Crippen LogP contribution in [0.1, 0.15) is 22.2 Å². The molecule has 0 aliphatic heterocycles. The average Bonchev–Trinajstić information content (AvgIpc) is 3.03. The molecule has 2 aromatic carbocycles.